The van der Waals surface area contributed by atoms with Crippen molar-refractivity contribution in [2.45, 2.75) is 26.7 Å². The van der Waals surface area contributed by atoms with Crippen LogP contribution in [0.25, 0.3) is 11.5 Å². The van der Waals surface area contributed by atoms with Gasteiger partial charge in [0, 0.05) is 24.0 Å². The lowest BCUT2D eigenvalue weighted by atomic mass is 10.1. The van der Waals surface area contributed by atoms with Crippen LogP contribution < -0.4 is 0 Å². The number of aryl methyl sites for hydroxylation is 2. The summed E-state index contributed by atoms with van der Waals surface area (Å²) in [6.07, 6.45) is 3.60. The lowest BCUT2D eigenvalue weighted by molar-refractivity contribution is -0.136. The fourth-order valence-corrected chi connectivity index (χ4v) is 1.87. The zero-order chi connectivity index (χ0) is 13.8. The summed E-state index contributed by atoms with van der Waals surface area (Å²) in [6.45, 7) is 3.72. The molecule has 1 N–H and O–H groups in total. The highest BCUT2D eigenvalue weighted by Crippen LogP contribution is 2.17. The van der Waals surface area contributed by atoms with Crippen LogP contribution >= 0.6 is 0 Å². The first-order valence-electron chi connectivity index (χ1n) is 5.90. The van der Waals surface area contributed by atoms with Crippen molar-refractivity contribution in [3.63, 3.8) is 0 Å². The summed E-state index contributed by atoms with van der Waals surface area (Å²) in [4.78, 5) is 27.4. The maximum absolute atomic E-state index is 10.6. The smallest absolute Gasteiger partial charge is 0.303 e. The monoisotopic (exact) mass is 258 g/mol. The Morgan fingerprint density at radius 3 is 2.47 bits per heavy atom. The molecule has 0 aliphatic heterocycles. The van der Waals surface area contributed by atoms with E-state index in [1.54, 1.807) is 12.3 Å². The summed E-state index contributed by atoms with van der Waals surface area (Å²) >= 11 is 0. The van der Waals surface area contributed by atoms with Gasteiger partial charge in [-0.05, 0) is 31.9 Å². The molecule has 0 unspecified atom stereocenters. The average molecular weight is 258 g/mol. The first-order valence-corrected chi connectivity index (χ1v) is 5.90. The van der Waals surface area contributed by atoms with Crippen molar-refractivity contribution < 1.29 is 9.90 Å². The predicted octanol–water partition coefficient (Wildman–Crippen LogP) is 1.57. The summed E-state index contributed by atoms with van der Waals surface area (Å²) in [6, 6.07) is 1.74. The van der Waals surface area contributed by atoms with Gasteiger partial charge in [-0.2, -0.15) is 0 Å². The number of aliphatic carboxylic acids is 1. The van der Waals surface area contributed by atoms with E-state index in [1.165, 1.54) is 6.33 Å². The lowest BCUT2D eigenvalue weighted by Crippen LogP contribution is -2.06. The van der Waals surface area contributed by atoms with Crippen LogP contribution in [0.5, 0.6) is 0 Å². The Kier molecular flexibility index (Phi) is 3.79. The Labute approximate surface area is 110 Å². The molecule has 0 saturated heterocycles. The van der Waals surface area contributed by atoms with Crippen LogP contribution in [0.1, 0.15) is 23.4 Å². The number of carbonyl (C=O) groups is 1. The van der Waals surface area contributed by atoms with Gasteiger partial charge in [0.25, 0.3) is 0 Å². The van der Waals surface area contributed by atoms with E-state index in [0.29, 0.717) is 17.9 Å². The van der Waals surface area contributed by atoms with Crippen LogP contribution in [0, 0.1) is 13.8 Å². The normalized spacial score (nSPS) is 10.4. The van der Waals surface area contributed by atoms with E-state index in [-0.39, 0.29) is 6.42 Å². The first-order chi connectivity index (χ1) is 9.08. The van der Waals surface area contributed by atoms with E-state index in [9.17, 15) is 4.79 Å². The zero-order valence-corrected chi connectivity index (χ0v) is 10.8. The quantitative estimate of drug-likeness (QED) is 0.895. The summed E-state index contributed by atoms with van der Waals surface area (Å²) in [5, 5.41) is 8.73. The average Bonchev–Trinajstić information content (AvgIpc) is 2.38. The molecule has 0 fully saturated rings. The van der Waals surface area contributed by atoms with Crippen molar-refractivity contribution in [1.29, 1.82) is 0 Å². The topological polar surface area (TPSA) is 88.9 Å². The molecule has 0 radical (unpaired) electrons. The Morgan fingerprint density at radius 1 is 1.26 bits per heavy atom. The highest BCUT2D eigenvalue weighted by molar-refractivity contribution is 5.67. The molecule has 6 nitrogen and oxygen atoms in total. The van der Waals surface area contributed by atoms with Crippen LogP contribution in [0.2, 0.25) is 0 Å². The maximum atomic E-state index is 10.6. The van der Waals surface area contributed by atoms with E-state index in [1.807, 2.05) is 13.8 Å². The number of carboxylic acids is 1. The van der Waals surface area contributed by atoms with Crippen molar-refractivity contribution in [2.75, 3.05) is 0 Å². The zero-order valence-electron chi connectivity index (χ0n) is 10.8. The van der Waals surface area contributed by atoms with Crippen molar-refractivity contribution in [1.82, 2.24) is 19.9 Å². The van der Waals surface area contributed by atoms with Gasteiger partial charge < -0.3 is 5.11 Å². The molecular weight excluding hydrogens is 244 g/mol. The van der Waals surface area contributed by atoms with Gasteiger partial charge in [-0.15, -0.1) is 0 Å². The number of aromatic nitrogens is 4. The number of hydrogen-bond donors (Lipinski definition) is 1. The van der Waals surface area contributed by atoms with Gasteiger partial charge in [-0.3, -0.25) is 4.79 Å². The predicted molar refractivity (Wildman–Crippen MR) is 68.5 cm³/mol. The van der Waals surface area contributed by atoms with Crippen LogP contribution in [-0.4, -0.2) is 31.0 Å². The van der Waals surface area contributed by atoms with Gasteiger partial charge in [0.05, 0.1) is 0 Å². The molecule has 2 heterocycles. The largest absolute Gasteiger partial charge is 0.481 e. The third-order valence-corrected chi connectivity index (χ3v) is 2.82. The molecule has 0 aliphatic rings. The molecule has 0 spiro atoms. The Hall–Kier alpha value is -2.37. The molecule has 0 aliphatic carbocycles. The summed E-state index contributed by atoms with van der Waals surface area (Å²) in [5.74, 6) is -0.282. The van der Waals surface area contributed by atoms with Gasteiger partial charge in [0.2, 0.25) is 0 Å². The highest BCUT2D eigenvalue weighted by Gasteiger charge is 2.11. The summed E-state index contributed by atoms with van der Waals surface area (Å²) < 4.78 is 0. The minimum Gasteiger partial charge on any atom is -0.481 e. The second kappa shape index (κ2) is 5.51. The molecule has 2 aromatic rings. The second-order valence-corrected chi connectivity index (χ2v) is 4.18. The molecule has 98 valence electrons. The van der Waals surface area contributed by atoms with E-state index in [4.69, 9.17) is 5.11 Å². The second-order valence-electron chi connectivity index (χ2n) is 4.18. The molecule has 0 aromatic carbocycles. The van der Waals surface area contributed by atoms with Crippen LogP contribution in [0.15, 0.2) is 18.6 Å². The van der Waals surface area contributed by atoms with Crippen molar-refractivity contribution in [3.05, 3.63) is 35.5 Å². The van der Waals surface area contributed by atoms with Gasteiger partial charge in [0.1, 0.15) is 12.0 Å². The number of hydrogen-bond acceptors (Lipinski definition) is 5. The SMILES string of the molecule is Cc1nc(-c2ccncn2)nc(C)c1CCC(=O)O. The van der Waals surface area contributed by atoms with Gasteiger partial charge >= 0.3 is 5.97 Å². The Balaban J connectivity index is 2.34. The van der Waals surface area contributed by atoms with E-state index in [2.05, 4.69) is 19.9 Å². The van der Waals surface area contributed by atoms with Gasteiger partial charge in [-0.1, -0.05) is 0 Å². The number of rotatable bonds is 4. The first kappa shape index (κ1) is 13.1. The fourth-order valence-electron chi connectivity index (χ4n) is 1.87. The third-order valence-electron chi connectivity index (χ3n) is 2.82. The van der Waals surface area contributed by atoms with Crippen LogP contribution in [0.3, 0.4) is 0 Å². The van der Waals surface area contributed by atoms with Crippen molar-refractivity contribution in [2.24, 2.45) is 0 Å². The molecule has 2 rings (SSSR count). The van der Waals surface area contributed by atoms with Gasteiger partial charge in [-0.25, -0.2) is 19.9 Å². The third kappa shape index (κ3) is 3.09. The van der Waals surface area contributed by atoms with E-state index in [0.717, 1.165) is 17.0 Å². The number of nitrogens with zero attached hydrogens (tertiary/aromatic N) is 4. The minimum absolute atomic E-state index is 0.0812. The van der Waals surface area contributed by atoms with E-state index < -0.39 is 5.97 Å². The van der Waals surface area contributed by atoms with Crippen molar-refractivity contribution >= 4 is 5.97 Å². The Morgan fingerprint density at radius 2 is 1.95 bits per heavy atom. The number of carboxylic acid groups (broad SMARTS) is 1. The molecule has 0 amide bonds. The summed E-state index contributed by atoms with van der Waals surface area (Å²) in [5.41, 5.74) is 3.14. The molecule has 0 saturated carbocycles. The van der Waals surface area contributed by atoms with Crippen LogP contribution in [0.4, 0.5) is 0 Å². The van der Waals surface area contributed by atoms with Gasteiger partial charge in [0.15, 0.2) is 5.82 Å². The molecule has 19 heavy (non-hydrogen) atoms. The van der Waals surface area contributed by atoms with Crippen LogP contribution in [-0.2, 0) is 11.2 Å². The standard InChI is InChI=1S/C13H14N4O2/c1-8-10(3-4-12(18)19)9(2)17-13(16-8)11-5-6-14-7-15-11/h5-7H,3-4H2,1-2H3,(H,18,19). The summed E-state index contributed by atoms with van der Waals surface area (Å²) in [7, 11) is 0. The fraction of sp³-hybridized carbons (Fsp3) is 0.308. The molecule has 0 bridgehead atoms. The van der Waals surface area contributed by atoms with E-state index >= 15 is 0 Å². The minimum atomic E-state index is -0.821. The van der Waals surface area contributed by atoms with Crippen molar-refractivity contribution in [3.8, 4) is 11.5 Å². The highest BCUT2D eigenvalue weighted by atomic mass is 16.4. The molecule has 6 heteroatoms. The maximum Gasteiger partial charge on any atom is 0.303 e. The molecule has 2 aromatic heterocycles. The lowest BCUT2D eigenvalue weighted by Gasteiger charge is -2.09. The Bertz CT molecular complexity index is 576. The molecule has 0 atom stereocenters. The molecular formula is C13H14N4O2.